The number of hydrogen-bond acceptors (Lipinski definition) is 6. The molecule has 1 aliphatic carbocycles. The van der Waals surface area contributed by atoms with Crippen LogP contribution in [0.5, 0.6) is 0 Å². The molecule has 5 nitrogen and oxygen atoms in total. The summed E-state index contributed by atoms with van der Waals surface area (Å²) in [5.41, 5.74) is 1.87. The van der Waals surface area contributed by atoms with Gasteiger partial charge in [0, 0.05) is 4.88 Å². The standard InChI is InChI=1S/C10H14O2S.C7H9NO2S2.C2H6/c1-7-5-9(13-2)4-3-8(7)6-10(11)12;1-4-5(3-6(9)10)12-7(8-4)11-2;1-2/h3-4,7H,5-6H2,1-2H3,(H,11,12);3H2,1-2H3,(H,9,10);1-2H3. The molecule has 2 N–H and O–H groups in total. The third-order valence-corrected chi connectivity index (χ3v) is 6.57. The van der Waals surface area contributed by atoms with E-state index in [4.69, 9.17) is 10.2 Å². The van der Waals surface area contributed by atoms with Crippen molar-refractivity contribution in [3.63, 3.8) is 0 Å². The summed E-state index contributed by atoms with van der Waals surface area (Å²) in [6.07, 6.45) is 9.22. The van der Waals surface area contributed by atoms with Gasteiger partial charge in [0.15, 0.2) is 0 Å². The number of carboxylic acid groups (broad SMARTS) is 2. The molecule has 0 fully saturated rings. The topological polar surface area (TPSA) is 87.5 Å². The molecule has 0 saturated heterocycles. The maximum atomic E-state index is 10.5. The van der Waals surface area contributed by atoms with Crippen LogP contribution in [-0.2, 0) is 16.0 Å². The fourth-order valence-corrected chi connectivity index (χ4v) is 4.48. The maximum Gasteiger partial charge on any atom is 0.308 e. The highest BCUT2D eigenvalue weighted by molar-refractivity contribution is 8.02. The zero-order chi connectivity index (χ0) is 21.0. The van der Waals surface area contributed by atoms with Gasteiger partial charge in [-0.15, -0.1) is 23.1 Å². The predicted molar refractivity (Wildman–Crippen MR) is 117 cm³/mol. The number of allylic oxidation sites excluding steroid dienone is 3. The molecule has 27 heavy (non-hydrogen) atoms. The Morgan fingerprint density at radius 3 is 2.15 bits per heavy atom. The molecular weight excluding hydrogens is 402 g/mol. The van der Waals surface area contributed by atoms with Crippen LogP contribution < -0.4 is 0 Å². The van der Waals surface area contributed by atoms with E-state index in [1.807, 2.05) is 39.2 Å². The van der Waals surface area contributed by atoms with Crippen molar-refractivity contribution in [3.8, 4) is 0 Å². The first-order chi connectivity index (χ1) is 12.8. The van der Waals surface area contributed by atoms with Crippen LogP contribution in [0.2, 0.25) is 0 Å². The lowest BCUT2D eigenvalue weighted by atomic mass is 9.91. The van der Waals surface area contributed by atoms with Crippen molar-refractivity contribution in [2.75, 3.05) is 12.5 Å². The lowest BCUT2D eigenvalue weighted by molar-refractivity contribution is -0.137. The van der Waals surface area contributed by atoms with Gasteiger partial charge < -0.3 is 10.2 Å². The fraction of sp³-hybridized carbons (Fsp3) is 0.526. The van der Waals surface area contributed by atoms with E-state index in [2.05, 4.69) is 18.2 Å². The van der Waals surface area contributed by atoms with Crippen molar-refractivity contribution in [3.05, 3.63) is 33.2 Å². The van der Waals surface area contributed by atoms with Gasteiger partial charge in [0.05, 0.1) is 18.5 Å². The number of thioether (sulfide) groups is 2. The zero-order valence-electron chi connectivity index (χ0n) is 16.7. The Kier molecular flexibility index (Phi) is 13.2. The first-order valence-corrected chi connectivity index (χ1v) is 11.9. The molecule has 8 heteroatoms. The summed E-state index contributed by atoms with van der Waals surface area (Å²) in [5.74, 6) is -1.16. The van der Waals surface area contributed by atoms with Crippen molar-refractivity contribution < 1.29 is 19.8 Å². The van der Waals surface area contributed by atoms with Crippen LogP contribution in [0, 0.1) is 12.8 Å². The Morgan fingerprint density at radius 1 is 1.15 bits per heavy atom. The molecule has 2 rings (SSSR count). The Bertz CT molecular complexity index is 680. The third kappa shape index (κ3) is 10.0. The van der Waals surface area contributed by atoms with Gasteiger partial charge in [0.2, 0.25) is 0 Å². The van der Waals surface area contributed by atoms with E-state index in [0.717, 1.165) is 26.9 Å². The van der Waals surface area contributed by atoms with Crippen LogP contribution >= 0.6 is 34.9 Å². The van der Waals surface area contributed by atoms with E-state index in [-0.39, 0.29) is 12.8 Å². The first-order valence-electron chi connectivity index (χ1n) is 8.64. The summed E-state index contributed by atoms with van der Waals surface area (Å²) in [6.45, 7) is 7.92. The summed E-state index contributed by atoms with van der Waals surface area (Å²) in [4.78, 5) is 27.3. The summed E-state index contributed by atoms with van der Waals surface area (Å²) in [6, 6.07) is 0. The second kappa shape index (κ2) is 13.8. The molecule has 1 atom stereocenters. The molecule has 1 unspecified atom stereocenters. The van der Waals surface area contributed by atoms with Crippen molar-refractivity contribution in [2.45, 2.75) is 51.3 Å². The molecular formula is C19H29NO4S3. The van der Waals surface area contributed by atoms with Crippen LogP contribution in [0.1, 0.15) is 44.2 Å². The highest BCUT2D eigenvalue weighted by atomic mass is 32.2. The molecule has 0 aliphatic heterocycles. The van der Waals surface area contributed by atoms with Crippen LogP contribution in [0.25, 0.3) is 0 Å². The fourth-order valence-electron chi connectivity index (χ4n) is 2.21. The van der Waals surface area contributed by atoms with Gasteiger partial charge in [0.1, 0.15) is 4.34 Å². The van der Waals surface area contributed by atoms with Crippen molar-refractivity contribution in [1.82, 2.24) is 4.98 Å². The number of aryl methyl sites for hydroxylation is 1. The average Bonchev–Trinajstić information content (AvgIpc) is 2.98. The quantitative estimate of drug-likeness (QED) is 0.575. The molecule has 0 spiro atoms. The van der Waals surface area contributed by atoms with Crippen LogP contribution in [0.15, 0.2) is 27.0 Å². The van der Waals surface area contributed by atoms with E-state index in [0.29, 0.717) is 5.92 Å². The van der Waals surface area contributed by atoms with Crippen LogP contribution in [0.4, 0.5) is 0 Å². The summed E-state index contributed by atoms with van der Waals surface area (Å²) in [7, 11) is 0. The summed E-state index contributed by atoms with van der Waals surface area (Å²) in [5, 5.41) is 17.2. The van der Waals surface area contributed by atoms with Crippen molar-refractivity contribution >= 4 is 46.8 Å². The average molecular weight is 432 g/mol. The molecule has 0 aromatic carbocycles. The van der Waals surface area contributed by atoms with E-state index < -0.39 is 11.9 Å². The van der Waals surface area contributed by atoms with Crippen molar-refractivity contribution in [2.24, 2.45) is 5.92 Å². The number of aromatic nitrogens is 1. The van der Waals surface area contributed by atoms with E-state index in [1.54, 1.807) is 23.5 Å². The summed E-state index contributed by atoms with van der Waals surface area (Å²) >= 11 is 4.74. The number of carboxylic acids is 2. The number of carbonyl (C=O) groups is 2. The van der Waals surface area contributed by atoms with Gasteiger partial charge in [-0.2, -0.15) is 0 Å². The number of aliphatic carboxylic acids is 2. The minimum atomic E-state index is -0.797. The van der Waals surface area contributed by atoms with Gasteiger partial charge in [0.25, 0.3) is 0 Å². The van der Waals surface area contributed by atoms with E-state index >= 15 is 0 Å². The lowest BCUT2D eigenvalue weighted by Crippen LogP contribution is -2.08. The molecule has 0 amide bonds. The lowest BCUT2D eigenvalue weighted by Gasteiger charge is -2.19. The molecule has 0 saturated carbocycles. The second-order valence-corrected chi connectivity index (χ2v) is 8.59. The van der Waals surface area contributed by atoms with E-state index in [1.165, 1.54) is 16.2 Å². The molecule has 1 aliphatic rings. The zero-order valence-corrected chi connectivity index (χ0v) is 19.2. The van der Waals surface area contributed by atoms with Crippen LogP contribution in [-0.4, -0.2) is 39.6 Å². The minimum Gasteiger partial charge on any atom is -0.481 e. The second-order valence-electron chi connectivity index (χ2n) is 5.52. The van der Waals surface area contributed by atoms with Gasteiger partial charge in [-0.1, -0.05) is 50.3 Å². The number of thiazole rings is 1. The van der Waals surface area contributed by atoms with Gasteiger partial charge in [-0.05, 0) is 36.7 Å². The largest absolute Gasteiger partial charge is 0.481 e. The third-order valence-electron chi connectivity index (χ3n) is 3.60. The monoisotopic (exact) mass is 431 g/mol. The number of hydrogen-bond donors (Lipinski definition) is 2. The normalized spacial score (nSPS) is 15.4. The highest BCUT2D eigenvalue weighted by Crippen LogP contribution is 2.31. The first kappa shape index (κ1) is 25.8. The molecule has 0 bridgehead atoms. The Labute approximate surface area is 174 Å². The smallest absolute Gasteiger partial charge is 0.308 e. The van der Waals surface area contributed by atoms with Gasteiger partial charge in [-0.3, -0.25) is 9.59 Å². The van der Waals surface area contributed by atoms with Crippen LogP contribution in [0.3, 0.4) is 0 Å². The Morgan fingerprint density at radius 2 is 1.74 bits per heavy atom. The highest BCUT2D eigenvalue weighted by Gasteiger charge is 2.16. The molecule has 1 heterocycles. The Hall–Kier alpha value is -1.25. The minimum absolute atomic E-state index is 0.0874. The van der Waals surface area contributed by atoms with Crippen molar-refractivity contribution in [1.29, 1.82) is 0 Å². The molecule has 0 radical (unpaired) electrons. The number of rotatable bonds is 6. The summed E-state index contributed by atoms with van der Waals surface area (Å²) < 4.78 is 0.934. The number of nitrogens with zero attached hydrogens (tertiary/aromatic N) is 1. The predicted octanol–water partition coefficient (Wildman–Crippen LogP) is 5.50. The molecule has 152 valence electrons. The molecule has 1 aromatic rings. The molecule has 1 aromatic heterocycles. The van der Waals surface area contributed by atoms with E-state index in [9.17, 15) is 9.59 Å². The van der Waals surface area contributed by atoms with Gasteiger partial charge in [-0.25, -0.2) is 4.98 Å². The Balaban J connectivity index is 0.000000460. The maximum absolute atomic E-state index is 10.5. The SMILES string of the molecule is CC.CSC1=CC=C(CC(=O)O)C(C)C1.CSc1nc(C)c(CC(=O)O)s1. The van der Waals surface area contributed by atoms with Gasteiger partial charge >= 0.3 is 11.9 Å².